The van der Waals surface area contributed by atoms with Crippen molar-refractivity contribution in [3.8, 4) is 11.4 Å². The van der Waals surface area contributed by atoms with Gasteiger partial charge in [0.2, 0.25) is 0 Å². The van der Waals surface area contributed by atoms with Gasteiger partial charge in [0.15, 0.2) is 5.82 Å². The number of hydrogen-bond donors (Lipinski definition) is 0. The first-order valence-electron chi connectivity index (χ1n) is 9.11. The SMILES string of the molecule is CCOCCn1cnc(-c2ccc(SC(C)(C)C(=O)OC(C)(C)C)cc2)n1. The summed E-state index contributed by atoms with van der Waals surface area (Å²) in [5, 5.41) is 4.47. The van der Waals surface area contributed by atoms with Crippen LogP contribution in [-0.2, 0) is 20.8 Å². The zero-order valence-corrected chi connectivity index (χ0v) is 17.8. The van der Waals surface area contributed by atoms with Crippen LogP contribution in [0.3, 0.4) is 0 Å². The van der Waals surface area contributed by atoms with Crippen LogP contribution in [-0.4, -0.2) is 44.3 Å². The molecule has 148 valence electrons. The predicted molar refractivity (Wildman–Crippen MR) is 108 cm³/mol. The van der Waals surface area contributed by atoms with Gasteiger partial charge < -0.3 is 9.47 Å². The van der Waals surface area contributed by atoms with E-state index < -0.39 is 10.3 Å². The quantitative estimate of drug-likeness (QED) is 0.382. The first-order chi connectivity index (χ1) is 12.6. The molecule has 0 aliphatic heterocycles. The molecule has 0 N–H and O–H groups in total. The molecular formula is C20H29N3O3S. The van der Waals surface area contributed by atoms with Crippen LogP contribution in [0.1, 0.15) is 41.5 Å². The van der Waals surface area contributed by atoms with Crippen LogP contribution in [0, 0.1) is 0 Å². The van der Waals surface area contributed by atoms with Gasteiger partial charge >= 0.3 is 5.97 Å². The minimum atomic E-state index is -0.673. The van der Waals surface area contributed by atoms with Crippen LogP contribution in [0.25, 0.3) is 11.4 Å². The molecule has 27 heavy (non-hydrogen) atoms. The predicted octanol–water partition coefficient (Wildman–Crippen LogP) is 4.19. The smallest absolute Gasteiger partial charge is 0.322 e. The maximum absolute atomic E-state index is 12.4. The number of hydrogen-bond acceptors (Lipinski definition) is 6. The molecule has 1 heterocycles. The van der Waals surface area contributed by atoms with Gasteiger partial charge in [-0.2, -0.15) is 5.10 Å². The molecule has 6 nitrogen and oxygen atoms in total. The summed E-state index contributed by atoms with van der Waals surface area (Å²) < 4.78 is 12.0. The van der Waals surface area contributed by atoms with E-state index in [2.05, 4.69) is 10.1 Å². The van der Waals surface area contributed by atoms with Crippen molar-refractivity contribution < 1.29 is 14.3 Å². The number of thioether (sulfide) groups is 1. The van der Waals surface area contributed by atoms with Gasteiger partial charge in [-0.25, -0.2) is 4.98 Å². The zero-order valence-electron chi connectivity index (χ0n) is 17.0. The van der Waals surface area contributed by atoms with Crippen molar-refractivity contribution in [3.63, 3.8) is 0 Å². The molecule has 0 spiro atoms. The molecule has 0 fully saturated rings. The maximum atomic E-state index is 12.4. The molecule has 0 radical (unpaired) electrons. The van der Waals surface area contributed by atoms with Gasteiger partial charge in [0.1, 0.15) is 16.7 Å². The molecule has 0 saturated carbocycles. The molecule has 0 amide bonds. The van der Waals surface area contributed by atoms with Gasteiger partial charge in [-0.05, 0) is 53.7 Å². The highest BCUT2D eigenvalue weighted by Gasteiger charge is 2.33. The number of carbonyl (C=O) groups excluding carboxylic acids is 1. The number of aromatic nitrogens is 3. The second kappa shape index (κ2) is 8.89. The van der Waals surface area contributed by atoms with Gasteiger partial charge in [-0.3, -0.25) is 9.48 Å². The van der Waals surface area contributed by atoms with E-state index >= 15 is 0 Å². The molecule has 0 bridgehead atoms. The van der Waals surface area contributed by atoms with Crippen molar-refractivity contribution in [2.75, 3.05) is 13.2 Å². The van der Waals surface area contributed by atoms with E-state index in [4.69, 9.17) is 9.47 Å². The normalized spacial score (nSPS) is 12.2. The Bertz CT molecular complexity index is 749. The summed E-state index contributed by atoms with van der Waals surface area (Å²) in [6, 6.07) is 7.89. The van der Waals surface area contributed by atoms with Crippen LogP contribution in [0.15, 0.2) is 35.5 Å². The average molecular weight is 392 g/mol. The van der Waals surface area contributed by atoms with E-state index in [1.54, 1.807) is 11.0 Å². The van der Waals surface area contributed by atoms with E-state index in [0.29, 0.717) is 25.6 Å². The number of carbonyl (C=O) groups is 1. The third-order valence-electron chi connectivity index (χ3n) is 3.58. The third-order valence-corrected chi connectivity index (χ3v) is 4.77. The standard InChI is InChI=1S/C20H29N3O3S/c1-7-25-13-12-23-14-21-17(22-23)15-8-10-16(11-9-15)27-20(5,6)18(24)26-19(2,3)4/h8-11,14H,7,12-13H2,1-6H3. The van der Waals surface area contributed by atoms with Gasteiger partial charge in [-0.1, -0.05) is 12.1 Å². The molecule has 0 aliphatic carbocycles. The Morgan fingerprint density at radius 2 is 1.81 bits per heavy atom. The fourth-order valence-corrected chi connectivity index (χ4v) is 3.23. The van der Waals surface area contributed by atoms with E-state index in [0.717, 1.165) is 10.5 Å². The van der Waals surface area contributed by atoms with Crippen LogP contribution >= 0.6 is 11.8 Å². The number of ether oxygens (including phenoxy) is 2. The Morgan fingerprint density at radius 1 is 1.15 bits per heavy atom. The number of benzene rings is 1. The summed E-state index contributed by atoms with van der Waals surface area (Å²) in [5.41, 5.74) is 0.440. The van der Waals surface area contributed by atoms with Crippen LogP contribution in [0.2, 0.25) is 0 Å². The van der Waals surface area contributed by atoms with E-state index in [1.165, 1.54) is 11.8 Å². The molecule has 2 rings (SSSR count). The number of esters is 1. The van der Waals surface area contributed by atoms with E-state index in [1.807, 2.05) is 65.8 Å². The second-order valence-electron chi connectivity index (χ2n) is 7.67. The van der Waals surface area contributed by atoms with E-state index in [-0.39, 0.29) is 5.97 Å². The summed E-state index contributed by atoms with van der Waals surface area (Å²) in [6.45, 7) is 13.3. The van der Waals surface area contributed by atoms with Crippen LogP contribution in [0.4, 0.5) is 0 Å². The van der Waals surface area contributed by atoms with Crippen LogP contribution in [0.5, 0.6) is 0 Å². The van der Waals surface area contributed by atoms with Gasteiger partial charge in [0, 0.05) is 17.1 Å². The lowest BCUT2D eigenvalue weighted by Crippen LogP contribution is -2.36. The lowest BCUT2D eigenvalue weighted by molar-refractivity contribution is -0.156. The van der Waals surface area contributed by atoms with Crippen molar-refractivity contribution >= 4 is 17.7 Å². The maximum Gasteiger partial charge on any atom is 0.322 e. The minimum Gasteiger partial charge on any atom is -0.459 e. The first-order valence-corrected chi connectivity index (χ1v) is 9.92. The fourth-order valence-electron chi connectivity index (χ4n) is 2.25. The molecule has 0 saturated heterocycles. The van der Waals surface area contributed by atoms with Crippen LogP contribution < -0.4 is 0 Å². The Morgan fingerprint density at radius 3 is 2.41 bits per heavy atom. The highest BCUT2D eigenvalue weighted by atomic mass is 32.2. The second-order valence-corrected chi connectivity index (χ2v) is 9.36. The van der Waals surface area contributed by atoms with Crippen molar-refractivity contribution in [3.05, 3.63) is 30.6 Å². The highest BCUT2D eigenvalue weighted by molar-refractivity contribution is 8.01. The monoisotopic (exact) mass is 391 g/mol. The summed E-state index contributed by atoms with van der Waals surface area (Å²) in [4.78, 5) is 17.8. The molecular weight excluding hydrogens is 362 g/mol. The minimum absolute atomic E-state index is 0.223. The van der Waals surface area contributed by atoms with Crippen molar-refractivity contribution in [1.82, 2.24) is 14.8 Å². The summed E-state index contributed by atoms with van der Waals surface area (Å²) in [6.07, 6.45) is 1.71. The Labute approximate surface area is 165 Å². The Balaban J connectivity index is 2.01. The van der Waals surface area contributed by atoms with Gasteiger partial charge in [-0.15, -0.1) is 11.8 Å². The first kappa shape index (κ1) is 21.4. The summed E-state index contributed by atoms with van der Waals surface area (Å²) >= 11 is 1.48. The highest BCUT2D eigenvalue weighted by Crippen LogP contribution is 2.35. The number of nitrogens with zero attached hydrogens (tertiary/aromatic N) is 3. The lowest BCUT2D eigenvalue weighted by Gasteiger charge is -2.28. The molecule has 0 unspecified atom stereocenters. The van der Waals surface area contributed by atoms with E-state index in [9.17, 15) is 4.79 Å². The topological polar surface area (TPSA) is 66.2 Å². The fraction of sp³-hybridized carbons (Fsp3) is 0.550. The Kier molecular flexibility index (Phi) is 7.06. The van der Waals surface area contributed by atoms with Gasteiger partial charge in [0.25, 0.3) is 0 Å². The average Bonchev–Trinajstić information content (AvgIpc) is 3.03. The van der Waals surface area contributed by atoms with Crippen molar-refractivity contribution in [2.24, 2.45) is 0 Å². The van der Waals surface area contributed by atoms with Crippen molar-refractivity contribution in [2.45, 2.75) is 63.3 Å². The molecule has 2 aromatic rings. The molecule has 1 aromatic carbocycles. The zero-order chi connectivity index (χ0) is 20.1. The Hall–Kier alpha value is -1.86. The lowest BCUT2D eigenvalue weighted by atomic mass is 10.1. The largest absolute Gasteiger partial charge is 0.459 e. The summed E-state index contributed by atoms with van der Waals surface area (Å²) in [5.74, 6) is 0.452. The molecule has 7 heteroatoms. The van der Waals surface area contributed by atoms with Crippen molar-refractivity contribution in [1.29, 1.82) is 0 Å². The molecule has 1 aromatic heterocycles. The summed E-state index contributed by atoms with van der Waals surface area (Å²) in [7, 11) is 0. The third kappa shape index (κ3) is 6.66. The number of rotatable bonds is 8. The van der Waals surface area contributed by atoms with Gasteiger partial charge in [0.05, 0.1) is 13.2 Å². The molecule has 0 aliphatic rings. The molecule has 0 atom stereocenters.